The van der Waals surface area contributed by atoms with Crippen LogP contribution in [0.2, 0.25) is 0 Å². The molecule has 2 rings (SSSR count). The maximum absolute atomic E-state index is 12.7. The Bertz CT molecular complexity index is 829. The summed E-state index contributed by atoms with van der Waals surface area (Å²) in [7, 11) is -3.64. The number of carbonyl (C=O) groups is 1. The molecule has 0 aliphatic carbocycles. The highest BCUT2D eigenvalue weighted by molar-refractivity contribution is 7.91. The average Bonchev–Trinajstić information content (AvgIpc) is 2.54. The molecule has 2 aromatic rings. The molecule has 0 amide bonds. The van der Waals surface area contributed by atoms with Crippen molar-refractivity contribution in [1.82, 2.24) is 0 Å². The van der Waals surface area contributed by atoms with Crippen LogP contribution in [0.1, 0.15) is 11.1 Å². The van der Waals surface area contributed by atoms with Crippen molar-refractivity contribution in [1.29, 1.82) is 0 Å². The van der Waals surface area contributed by atoms with Gasteiger partial charge in [-0.1, -0.05) is 12.1 Å². The van der Waals surface area contributed by atoms with Gasteiger partial charge in [0.25, 0.3) is 0 Å². The molecule has 24 heavy (non-hydrogen) atoms. The van der Waals surface area contributed by atoms with Gasteiger partial charge in [-0.25, -0.2) is 13.2 Å². The molecule has 0 saturated heterocycles. The van der Waals surface area contributed by atoms with Crippen LogP contribution in [-0.2, 0) is 21.1 Å². The normalized spacial score (nSPS) is 11.2. The number of hydrogen-bond donors (Lipinski definition) is 2. The third-order valence-electron chi connectivity index (χ3n) is 3.47. The number of ether oxygens (including phenoxy) is 1. The quantitative estimate of drug-likeness (QED) is 0.789. The van der Waals surface area contributed by atoms with Crippen LogP contribution < -0.4 is 10.5 Å². The van der Waals surface area contributed by atoms with Crippen molar-refractivity contribution < 1.29 is 23.1 Å². The molecular weight excluding hydrogens is 330 g/mol. The van der Waals surface area contributed by atoms with Gasteiger partial charge in [-0.05, 0) is 61.3 Å². The second-order valence-corrected chi connectivity index (χ2v) is 7.25. The maximum Gasteiger partial charge on any atom is 0.341 e. The number of carboxylic acids is 1. The Morgan fingerprint density at radius 1 is 1.12 bits per heavy atom. The molecule has 0 spiro atoms. The zero-order valence-corrected chi connectivity index (χ0v) is 14.0. The van der Waals surface area contributed by atoms with E-state index in [1.54, 1.807) is 31.2 Å². The van der Waals surface area contributed by atoms with Crippen LogP contribution in [0.25, 0.3) is 0 Å². The molecule has 0 saturated carbocycles. The van der Waals surface area contributed by atoms with Crippen molar-refractivity contribution in [3.8, 4) is 5.75 Å². The van der Waals surface area contributed by atoms with Gasteiger partial charge in [-0.3, -0.25) is 0 Å². The highest BCUT2D eigenvalue weighted by atomic mass is 32.2. The highest BCUT2D eigenvalue weighted by Crippen LogP contribution is 2.26. The molecule has 6 nitrogen and oxygen atoms in total. The summed E-state index contributed by atoms with van der Waals surface area (Å²) in [6.45, 7) is 1.69. The van der Waals surface area contributed by atoms with Crippen LogP contribution >= 0.6 is 0 Å². The molecule has 2 aromatic carbocycles. The van der Waals surface area contributed by atoms with Crippen LogP contribution in [-0.4, -0.2) is 32.6 Å². The summed E-state index contributed by atoms with van der Waals surface area (Å²) in [4.78, 5) is 10.9. The average molecular weight is 349 g/mol. The van der Waals surface area contributed by atoms with Gasteiger partial charge in [-0.2, -0.15) is 0 Å². The third kappa shape index (κ3) is 4.12. The molecule has 128 valence electrons. The fraction of sp³-hybridized carbons (Fsp3) is 0.235. The predicted molar refractivity (Wildman–Crippen MR) is 89.0 cm³/mol. The van der Waals surface area contributed by atoms with E-state index in [4.69, 9.17) is 15.6 Å². The standard InChI is InChI=1S/C17H19NO5S/c1-12-10-15(6-7-16(12)23-11-17(19)20)24(21,22)14-4-2-13(3-5-14)8-9-18/h2-7,10H,8-9,11,18H2,1H3,(H,19,20). The third-order valence-corrected chi connectivity index (χ3v) is 5.24. The predicted octanol–water partition coefficient (Wildman–Crippen LogP) is 1.79. The summed E-state index contributed by atoms with van der Waals surface area (Å²) in [5.41, 5.74) is 7.01. The van der Waals surface area contributed by atoms with Gasteiger partial charge in [0, 0.05) is 0 Å². The Labute approximate surface area is 140 Å². The van der Waals surface area contributed by atoms with Crippen molar-refractivity contribution in [3.63, 3.8) is 0 Å². The Balaban J connectivity index is 2.28. The zero-order chi connectivity index (χ0) is 17.7. The van der Waals surface area contributed by atoms with Crippen LogP contribution in [0.4, 0.5) is 0 Å². The summed E-state index contributed by atoms with van der Waals surface area (Å²) in [6, 6.07) is 11.0. The van der Waals surface area contributed by atoms with Crippen LogP contribution in [0, 0.1) is 6.92 Å². The Hall–Kier alpha value is -2.38. The second kappa shape index (κ2) is 7.46. The molecule has 0 heterocycles. The van der Waals surface area contributed by atoms with E-state index >= 15 is 0 Å². The van der Waals surface area contributed by atoms with E-state index in [9.17, 15) is 13.2 Å². The van der Waals surface area contributed by atoms with Crippen LogP contribution in [0.3, 0.4) is 0 Å². The lowest BCUT2D eigenvalue weighted by molar-refractivity contribution is -0.139. The summed E-state index contributed by atoms with van der Waals surface area (Å²) in [6.07, 6.45) is 0.690. The van der Waals surface area contributed by atoms with E-state index in [0.717, 1.165) is 5.56 Å². The molecule has 0 radical (unpaired) electrons. The summed E-state index contributed by atoms with van der Waals surface area (Å²) in [5, 5.41) is 8.63. The minimum absolute atomic E-state index is 0.134. The van der Waals surface area contributed by atoms with Gasteiger partial charge in [0.15, 0.2) is 6.61 Å². The van der Waals surface area contributed by atoms with E-state index in [2.05, 4.69) is 0 Å². The van der Waals surface area contributed by atoms with Crippen molar-refractivity contribution in [2.75, 3.05) is 13.2 Å². The number of benzene rings is 2. The zero-order valence-electron chi connectivity index (χ0n) is 13.2. The fourth-order valence-corrected chi connectivity index (χ4v) is 3.57. The molecule has 3 N–H and O–H groups in total. The van der Waals surface area contributed by atoms with E-state index < -0.39 is 22.4 Å². The number of aryl methyl sites for hydroxylation is 1. The topological polar surface area (TPSA) is 107 Å². The minimum Gasteiger partial charge on any atom is -0.482 e. The van der Waals surface area contributed by atoms with Crippen molar-refractivity contribution in [2.45, 2.75) is 23.1 Å². The lowest BCUT2D eigenvalue weighted by Crippen LogP contribution is -2.10. The highest BCUT2D eigenvalue weighted by Gasteiger charge is 2.18. The molecule has 0 atom stereocenters. The van der Waals surface area contributed by atoms with Crippen LogP contribution in [0.15, 0.2) is 52.3 Å². The first-order chi connectivity index (χ1) is 11.3. The first-order valence-electron chi connectivity index (χ1n) is 7.34. The lowest BCUT2D eigenvalue weighted by Gasteiger charge is -2.10. The van der Waals surface area contributed by atoms with Gasteiger partial charge < -0.3 is 15.6 Å². The van der Waals surface area contributed by atoms with Crippen molar-refractivity contribution >= 4 is 15.8 Å². The smallest absolute Gasteiger partial charge is 0.341 e. The lowest BCUT2D eigenvalue weighted by atomic mass is 10.2. The van der Waals surface area contributed by atoms with E-state index in [1.807, 2.05) is 0 Å². The fourth-order valence-electron chi connectivity index (χ4n) is 2.23. The van der Waals surface area contributed by atoms with E-state index in [-0.39, 0.29) is 9.79 Å². The molecule has 0 aliphatic heterocycles. The first kappa shape index (κ1) is 18.0. The second-order valence-electron chi connectivity index (χ2n) is 5.30. The number of hydrogen-bond acceptors (Lipinski definition) is 5. The molecular formula is C17H19NO5S. The number of rotatable bonds is 7. The number of carboxylic acid groups (broad SMARTS) is 1. The van der Waals surface area contributed by atoms with Crippen molar-refractivity contribution in [3.05, 3.63) is 53.6 Å². The molecule has 0 aliphatic rings. The summed E-state index contributed by atoms with van der Waals surface area (Å²) >= 11 is 0. The minimum atomic E-state index is -3.64. The largest absolute Gasteiger partial charge is 0.482 e. The van der Waals surface area contributed by atoms with Gasteiger partial charge >= 0.3 is 5.97 Å². The van der Waals surface area contributed by atoms with Crippen LogP contribution in [0.5, 0.6) is 5.75 Å². The van der Waals surface area contributed by atoms with E-state index in [1.165, 1.54) is 18.2 Å². The Morgan fingerprint density at radius 3 is 2.29 bits per heavy atom. The monoisotopic (exact) mass is 349 g/mol. The number of aliphatic carboxylic acids is 1. The van der Waals surface area contributed by atoms with Crippen molar-refractivity contribution in [2.24, 2.45) is 5.73 Å². The summed E-state index contributed by atoms with van der Waals surface area (Å²) in [5.74, 6) is -0.752. The molecule has 0 fully saturated rings. The van der Waals surface area contributed by atoms with Gasteiger partial charge in [0.05, 0.1) is 9.79 Å². The van der Waals surface area contributed by atoms with E-state index in [0.29, 0.717) is 24.3 Å². The molecule has 0 aromatic heterocycles. The van der Waals surface area contributed by atoms with Gasteiger partial charge in [0.2, 0.25) is 9.84 Å². The van der Waals surface area contributed by atoms with Gasteiger partial charge in [-0.15, -0.1) is 0 Å². The number of nitrogens with two attached hydrogens (primary N) is 1. The molecule has 0 unspecified atom stereocenters. The molecule has 7 heteroatoms. The Kier molecular flexibility index (Phi) is 5.58. The first-order valence-corrected chi connectivity index (χ1v) is 8.82. The SMILES string of the molecule is Cc1cc(S(=O)(=O)c2ccc(CCN)cc2)ccc1OCC(=O)O. The van der Waals surface area contributed by atoms with Gasteiger partial charge in [0.1, 0.15) is 5.75 Å². The number of sulfone groups is 1. The maximum atomic E-state index is 12.7. The summed E-state index contributed by atoms with van der Waals surface area (Å²) < 4.78 is 30.5. The molecule has 0 bridgehead atoms. The Morgan fingerprint density at radius 2 is 1.75 bits per heavy atom.